The zero-order valence-electron chi connectivity index (χ0n) is 12.7. The Balaban J connectivity index is 1.99. The van der Waals surface area contributed by atoms with Crippen LogP contribution in [-0.2, 0) is 0 Å². The molecule has 0 aliphatic carbocycles. The Kier molecular flexibility index (Phi) is 3.30. The number of hydrogen-bond acceptors (Lipinski definition) is 2. The third-order valence-electron chi connectivity index (χ3n) is 4.51. The summed E-state index contributed by atoms with van der Waals surface area (Å²) in [5.74, 6) is -0.891. The number of nitrogens with zero attached hydrogens (tertiary/aromatic N) is 1. The van der Waals surface area contributed by atoms with Crippen LogP contribution < -0.4 is 5.32 Å². The van der Waals surface area contributed by atoms with Crippen molar-refractivity contribution in [2.75, 3.05) is 6.54 Å². The van der Waals surface area contributed by atoms with Crippen molar-refractivity contribution < 1.29 is 9.90 Å². The molecule has 1 aromatic heterocycles. The molecular formula is C19H18N2O2. The van der Waals surface area contributed by atoms with Crippen LogP contribution in [0.25, 0.3) is 17.8 Å². The third-order valence-corrected chi connectivity index (χ3v) is 4.51. The first-order chi connectivity index (χ1) is 11.2. The minimum absolute atomic E-state index is 0.325. The second kappa shape index (κ2) is 5.47. The van der Waals surface area contributed by atoms with Crippen LogP contribution in [-0.4, -0.2) is 22.2 Å². The van der Waals surface area contributed by atoms with Crippen molar-refractivity contribution in [3.63, 3.8) is 0 Å². The fourth-order valence-corrected chi connectivity index (χ4v) is 3.37. The maximum atomic E-state index is 11.4. The molecule has 0 bridgehead atoms. The van der Waals surface area contributed by atoms with E-state index in [1.807, 2.05) is 30.6 Å². The van der Waals surface area contributed by atoms with Gasteiger partial charge in [-0.1, -0.05) is 6.07 Å². The molecule has 2 aliphatic heterocycles. The number of carboxylic acids is 1. The average Bonchev–Trinajstić information content (AvgIpc) is 2.97. The van der Waals surface area contributed by atoms with Gasteiger partial charge in [-0.15, -0.1) is 0 Å². The summed E-state index contributed by atoms with van der Waals surface area (Å²) in [6, 6.07) is 9.47. The van der Waals surface area contributed by atoms with Crippen molar-refractivity contribution in [1.29, 1.82) is 0 Å². The predicted octanol–water partition coefficient (Wildman–Crippen LogP) is 3.66. The van der Waals surface area contributed by atoms with E-state index in [1.165, 1.54) is 12.1 Å². The number of aromatic nitrogens is 1. The minimum atomic E-state index is -0.891. The Bertz CT molecular complexity index is 835. The number of nitrogens with one attached hydrogen (secondary N) is 1. The predicted molar refractivity (Wildman–Crippen MR) is 90.9 cm³/mol. The van der Waals surface area contributed by atoms with Crippen LogP contribution in [0.3, 0.4) is 0 Å². The molecule has 0 amide bonds. The Hall–Kier alpha value is -2.75. The fraction of sp³-hybridized carbons (Fsp3) is 0.211. The summed E-state index contributed by atoms with van der Waals surface area (Å²) in [6.07, 6.45) is 9.44. The standard InChI is InChI=1S/C19H18N2O2/c22-19(23)14-7-6-13-8-11-21-10-3-5-17(21)18(15(13)12-14)16-4-1-2-9-20-16/h3,5-8,10-12,20H,1-2,4,9H2,(H,22,23). The van der Waals surface area contributed by atoms with Crippen LogP contribution in [0.2, 0.25) is 0 Å². The second-order valence-corrected chi connectivity index (χ2v) is 5.96. The lowest BCUT2D eigenvalue weighted by Gasteiger charge is -2.22. The number of piperidine rings is 1. The zero-order chi connectivity index (χ0) is 15.8. The zero-order valence-corrected chi connectivity index (χ0v) is 12.7. The van der Waals surface area contributed by atoms with Gasteiger partial charge in [-0.3, -0.25) is 0 Å². The van der Waals surface area contributed by atoms with Crippen LogP contribution in [0.5, 0.6) is 0 Å². The number of fused-ring (bicyclic) bond motifs is 2. The van der Waals surface area contributed by atoms with E-state index >= 15 is 0 Å². The molecule has 0 radical (unpaired) electrons. The number of rotatable bonds is 1. The monoisotopic (exact) mass is 306 g/mol. The molecule has 1 aromatic carbocycles. The van der Waals surface area contributed by atoms with Gasteiger partial charge in [0.25, 0.3) is 0 Å². The first kappa shape index (κ1) is 13.9. The summed E-state index contributed by atoms with van der Waals surface area (Å²) in [6.45, 7) is 0.973. The molecule has 3 heterocycles. The summed E-state index contributed by atoms with van der Waals surface area (Å²) in [7, 11) is 0. The van der Waals surface area contributed by atoms with Crippen molar-refractivity contribution in [3.8, 4) is 0 Å². The fourth-order valence-electron chi connectivity index (χ4n) is 3.37. The van der Waals surface area contributed by atoms with E-state index < -0.39 is 5.97 Å². The number of aromatic carboxylic acids is 1. The largest absolute Gasteiger partial charge is 0.478 e. The summed E-state index contributed by atoms with van der Waals surface area (Å²) in [4.78, 5) is 11.4. The molecule has 116 valence electrons. The molecule has 2 aliphatic rings. The van der Waals surface area contributed by atoms with Gasteiger partial charge < -0.3 is 15.0 Å². The topological polar surface area (TPSA) is 54.3 Å². The molecule has 23 heavy (non-hydrogen) atoms. The van der Waals surface area contributed by atoms with E-state index in [2.05, 4.69) is 16.0 Å². The maximum Gasteiger partial charge on any atom is 0.335 e. The summed E-state index contributed by atoms with van der Waals surface area (Å²) < 4.78 is 2.10. The van der Waals surface area contributed by atoms with Crippen LogP contribution in [0, 0.1) is 0 Å². The second-order valence-electron chi connectivity index (χ2n) is 5.96. The number of carbonyl (C=O) groups is 1. The van der Waals surface area contributed by atoms with E-state index in [-0.39, 0.29) is 0 Å². The number of benzene rings is 1. The van der Waals surface area contributed by atoms with Crippen LogP contribution in [0.15, 0.2) is 42.2 Å². The summed E-state index contributed by atoms with van der Waals surface area (Å²) in [5, 5.41) is 12.9. The van der Waals surface area contributed by atoms with Gasteiger partial charge in [0.15, 0.2) is 0 Å². The molecule has 4 nitrogen and oxygen atoms in total. The van der Waals surface area contributed by atoms with Crippen LogP contribution >= 0.6 is 0 Å². The van der Waals surface area contributed by atoms with E-state index in [0.717, 1.165) is 41.8 Å². The molecule has 0 saturated carbocycles. The molecule has 2 aromatic rings. The quantitative estimate of drug-likeness (QED) is 0.721. The third kappa shape index (κ3) is 2.36. The summed E-state index contributed by atoms with van der Waals surface area (Å²) >= 11 is 0. The molecule has 1 saturated heterocycles. The molecule has 0 spiro atoms. The van der Waals surface area contributed by atoms with Crippen LogP contribution in [0.4, 0.5) is 0 Å². The van der Waals surface area contributed by atoms with Gasteiger partial charge in [0.2, 0.25) is 0 Å². The Morgan fingerprint density at radius 3 is 2.91 bits per heavy atom. The van der Waals surface area contributed by atoms with Crippen molar-refractivity contribution >= 4 is 23.8 Å². The van der Waals surface area contributed by atoms with Gasteiger partial charge in [0, 0.05) is 30.2 Å². The molecule has 0 unspecified atom stereocenters. The van der Waals surface area contributed by atoms with Gasteiger partial charge in [0.05, 0.1) is 11.3 Å². The molecule has 1 fully saturated rings. The molecule has 4 rings (SSSR count). The van der Waals surface area contributed by atoms with E-state index in [4.69, 9.17) is 0 Å². The highest BCUT2D eigenvalue weighted by Gasteiger charge is 2.21. The average molecular weight is 306 g/mol. The summed E-state index contributed by atoms with van der Waals surface area (Å²) in [5.41, 5.74) is 5.80. The van der Waals surface area contributed by atoms with Crippen molar-refractivity contribution in [2.24, 2.45) is 0 Å². The van der Waals surface area contributed by atoms with Crippen LogP contribution in [0.1, 0.15) is 46.4 Å². The van der Waals surface area contributed by atoms with E-state index in [0.29, 0.717) is 5.56 Å². The number of carboxylic acid groups (broad SMARTS) is 1. The lowest BCUT2D eigenvalue weighted by molar-refractivity contribution is 0.0697. The van der Waals surface area contributed by atoms with Gasteiger partial charge in [-0.05, 0) is 60.7 Å². The molecule has 0 atom stereocenters. The van der Waals surface area contributed by atoms with E-state index in [9.17, 15) is 9.90 Å². The first-order valence-electron chi connectivity index (χ1n) is 7.94. The normalized spacial score (nSPS) is 19.5. The highest BCUT2D eigenvalue weighted by atomic mass is 16.4. The highest BCUT2D eigenvalue weighted by molar-refractivity contribution is 5.94. The van der Waals surface area contributed by atoms with Crippen molar-refractivity contribution in [1.82, 2.24) is 9.88 Å². The van der Waals surface area contributed by atoms with Gasteiger partial charge in [-0.25, -0.2) is 4.79 Å². The highest BCUT2D eigenvalue weighted by Crippen LogP contribution is 2.35. The molecular weight excluding hydrogens is 288 g/mol. The number of allylic oxidation sites excluding steroid dienone is 1. The van der Waals surface area contributed by atoms with Gasteiger partial charge in [-0.2, -0.15) is 0 Å². The number of hydrogen-bond donors (Lipinski definition) is 2. The SMILES string of the molecule is O=C(O)c1ccc2c(c1)C(=C1CCCCN1)c1cccn1C=C2. The van der Waals surface area contributed by atoms with Crippen molar-refractivity contribution in [2.45, 2.75) is 19.3 Å². The molecule has 2 N–H and O–H groups in total. The lowest BCUT2D eigenvalue weighted by atomic mass is 9.91. The Morgan fingerprint density at radius 2 is 2.13 bits per heavy atom. The van der Waals surface area contributed by atoms with Crippen molar-refractivity contribution in [3.05, 3.63) is 64.6 Å². The smallest absolute Gasteiger partial charge is 0.335 e. The Morgan fingerprint density at radius 1 is 1.22 bits per heavy atom. The first-order valence-corrected chi connectivity index (χ1v) is 7.94. The Labute approximate surface area is 134 Å². The minimum Gasteiger partial charge on any atom is -0.478 e. The van der Waals surface area contributed by atoms with E-state index in [1.54, 1.807) is 12.1 Å². The van der Waals surface area contributed by atoms with Gasteiger partial charge >= 0.3 is 5.97 Å². The molecule has 4 heteroatoms. The van der Waals surface area contributed by atoms with Gasteiger partial charge in [0.1, 0.15) is 0 Å². The maximum absolute atomic E-state index is 11.4. The lowest BCUT2D eigenvalue weighted by Crippen LogP contribution is -2.22.